The molecule has 1 aliphatic carbocycles. The van der Waals surface area contributed by atoms with Gasteiger partial charge in [-0.05, 0) is 17.5 Å². The van der Waals surface area contributed by atoms with Crippen LogP contribution in [0.5, 0.6) is 5.88 Å². The van der Waals surface area contributed by atoms with Gasteiger partial charge >= 0.3 is 0 Å². The molecule has 1 atom stereocenters. The van der Waals surface area contributed by atoms with Gasteiger partial charge in [0.2, 0.25) is 5.88 Å². The minimum atomic E-state index is -0.105. The third-order valence-corrected chi connectivity index (χ3v) is 3.26. The van der Waals surface area contributed by atoms with E-state index in [1.165, 1.54) is 25.1 Å². The average Bonchev–Trinajstić information content (AvgIpc) is 2.40. The van der Waals surface area contributed by atoms with Crippen LogP contribution in [-0.4, -0.2) is 22.9 Å². The van der Waals surface area contributed by atoms with Crippen LogP contribution in [0.1, 0.15) is 27.5 Å². The Balaban J connectivity index is 1.94. The number of ketones is 1. The van der Waals surface area contributed by atoms with E-state index in [9.17, 15) is 4.79 Å². The molecule has 1 aliphatic rings. The van der Waals surface area contributed by atoms with Gasteiger partial charge in [0.25, 0.3) is 0 Å². The number of benzene rings is 1. The Morgan fingerprint density at radius 2 is 2.06 bits per heavy atom. The van der Waals surface area contributed by atoms with Gasteiger partial charge in [-0.3, -0.25) is 4.79 Å². The molecule has 2 aromatic rings. The van der Waals surface area contributed by atoms with E-state index in [0.717, 1.165) is 12.0 Å². The van der Waals surface area contributed by atoms with E-state index >= 15 is 0 Å². The number of Topliss-reactive ketones (excluding diaryl/α,β-unsaturated/α-hetero) is 1. The first kappa shape index (κ1) is 10.9. The van der Waals surface area contributed by atoms with Gasteiger partial charge in [-0.1, -0.05) is 24.3 Å². The highest BCUT2D eigenvalue weighted by molar-refractivity contribution is 6.02. The lowest BCUT2D eigenvalue weighted by Gasteiger charge is -2.28. The van der Waals surface area contributed by atoms with Crippen molar-refractivity contribution in [3.63, 3.8) is 0 Å². The van der Waals surface area contributed by atoms with Gasteiger partial charge in [-0.25, -0.2) is 9.97 Å². The zero-order valence-electron chi connectivity index (χ0n) is 9.96. The summed E-state index contributed by atoms with van der Waals surface area (Å²) in [6.07, 6.45) is 3.80. The summed E-state index contributed by atoms with van der Waals surface area (Å²) in [5, 5.41) is 0. The summed E-state index contributed by atoms with van der Waals surface area (Å²) in [6.45, 7) is 0. The molecule has 1 heterocycles. The molecule has 0 radical (unpaired) electrons. The fourth-order valence-corrected chi connectivity index (χ4v) is 2.30. The van der Waals surface area contributed by atoms with Crippen molar-refractivity contribution < 1.29 is 9.53 Å². The second-order valence-electron chi connectivity index (χ2n) is 4.23. The lowest BCUT2D eigenvalue weighted by molar-refractivity contribution is 0.0939. The van der Waals surface area contributed by atoms with Gasteiger partial charge in [0.15, 0.2) is 11.5 Å². The van der Waals surface area contributed by atoms with Crippen molar-refractivity contribution in [1.29, 1.82) is 0 Å². The van der Waals surface area contributed by atoms with Crippen molar-refractivity contribution in [2.45, 2.75) is 12.3 Å². The largest absolute Gasteiger partial charge is 0.479 e. The number of hydrogen-bond donors (Lipinski definition) is 0. The molecule has 0 bridgehead atoms. The van der Waals surface area contributed by atoms with Gasteiger partial charge in [0.05, 0.1) is 13.0 Å². The van der Waals surface area contributed by atoms with Crippen LogP contribution in [0.3, 0.4) is 0 Å². The average molecular weight is 240 g/mol. The zero-order chi connectivity index (χ0) is 12.5. The smallest absolute Gasteiger partial charge is 0.243 e. The summed E-state index contributed by atoms with van der Waals surface area (Å²) in [4.78, 5) is 20.5. The molecular formula is C14H12N2O2. The third-order valence-electron chi connectivity index (χ3n) is 3.26. The standard InChI is InChI=1S/C14H12N2O2/c1-18-14-12(15-6-7-16-14)13(17)11-8-9-4-2-3-5-10(9)11/h2-7,11H,8H2,1H3. The first-order chi connectivity index (χ1) is 8.81. The van der Waals surface area contributed by atoms with Crippen LogP contribution in [0.2, 0.25) is 0 Å². The van der Waals surface area contributed by atoms with Crippen molar-refractivity contribution in [3.05, 3.63) is 53.5 Å². The maximum atomic E-state index is 12.4. The Hall–Kier alpha value is -2.23. The molecule has 4 nitrogen and oxygen atoms in total. The molecule has 0 amide bonds. The Bertz CT molecular complexity index is 610. The van der Waals surface area contributed by atoms with Gasteiger partial charge < -0.3 is 4.74 Å². The molecule has 1 aromatic heterocycles. The molecule has 1 aromatic carbocycles. The number of hydrogen-bond acceptors (Lipinski definition) is 4. The van der Waals surface area contributed by atoms with Crippen molar-refractivity contribution in [2.75, 3.05) is 7.11 Å². The first-order valence-electron chi connectivity index (χ1n) is 5.78. The van der Waals surface area contributed by atoms with Gasteiger partial charge in [-0.15, -0.1) is 0 Å². The van der Waals surface area contributed by atoms with Crippen LogP contribution in [0, 0.1) is 0 Å². The van der Waals surface area contributed by atoms with Crippen molar-refractivity contribution in [2.24, 2.45) is 0 Å². The minimum Gasteiger partial charge on any atom is -0.479 e. The first-order valence-corrected chi connectivity index (χ1v) is 5.78. The maximum Gasteiger partial charge on any atom is 0.243 e. The molecule has 3 rings (SSSR count). The number of carbonyl (C=O) groups is 1. The highest BCUT2D eigenvalue weighted by atomic mass is 16.5. The Labute approximate surface area is 105 Å². The SMILES string of the molecule is COc1nccnc1C(=O)C1Cc2ccccc21. The van der Waals surface area contributed by atoms with E-state index in [1.807, 2.05) is 24.3 Å². The summed E-state index contributed by atoms with van der Waals surface area (Å²) < 4.78 is 5.08. The van der Waals surface area contributed by atoms with E-state index in [1.54, 1.807) is 0 Å². The second-order valence-corrected chi connectivity index (χ2v) is 4.23. The highest BCUT2D eigenvalue weighted by Crippen LogP contribution is 2.37. The van der Waals surface area contributed by atoms with Crippen molar-refractivity contribution in [1.82, 2.24) is 9.97 Å². The normalized spacial score (nSPS) is 16.6. The van der Waals surface area contributed by atoms with Crippen LogP contribution in [-0.2, 0) is 6.42 Å². The van der Waals surface area contributed by atoms with E-state index in [0.29, 0.717) is 11.6 Å². The van der Waals surface area contributed by atoms with Crippen LogP contribution in [0.15, 0.2) is 36.7 Å². The minimum absolute atomic E-state index is 0.0151. The Kier molecular flexibility index (Phi) is 2.55. The fraction of sp³-hybridized carbons (Fsp3) is 0.214. The number of carbonyl (C=O) groups excluding carboxylic acids is 1. The molecule has 18 heavy (non-hydrogen) atoms. The number of fused-ring (bicyclic) bond motifs is 1. The topological polar surface area (TPSA) is 52.1 Å². The molecule has 0 N–H and O–H groups in total. The number of methoxy groups -OCH3 is 1. The molecule has 0 saturated heterocycles. The maximum absolute atomic E-state index is 12.4. The van der Waals surface area contributed by atoms with Crippen molar-refractivity contribution >= 4 is 5.78 Å². The van der Waals surface area contributed by atoms with Crippen molar-refractivity contribution in [3.8, 4) is 5.88 Å². The zero-order valence-corrected chi connectivity index (χ0v) is 9.96. The van der Waals surface area contributed by atoms with Crippen LogP contribution >= 0.6 is 0 Å². The Morgan fingerprint density at radius 1 is 1.28 bits per heavy atom. The molecule has 0 saturated carbocycles. The van der Waals surface area contributed by atoms with E-state index in [2.05, 4.69) is 9.97 Å². The molecular weight excluding hydrogens is 228 g/mol. The van der Waals surface area contributed by atoms with E-state index in [4.69, 9.17) is 4.74 Å². The fourth-order valence-electron chi connectivity index (χ4n) is 2.30. The summed E-state index contributed by atoms with van der Waals surface area (Å²) in [6, 6.07) is 7.98. The van der Waals surface area contributed by atoms with E-state index in [-0.39, 0.29) is 11.7 Å². The molecule has 0 spiro atoms. The molecule has 90 valence electrons. The monoisotopic (exact) mass is 240 g/mol. The summed E-state index contributed by atoms with van der Waals surface area (Å²) in [5.41, 5.74) is 2.65. The number of ether oxygens (including phenoxy) is 1. The van der Waals surface area contributed by atoms with Gasteiger partial charge in [0, 0.05) is 12.4 Å². The van der Waals surface area contributed by atoms with Gasteiger partial charge in [-0.2, -0.15) is 0 Å². The molecule has 0 aliphatic heterocycles. The quantitative estimate of drug-likeness (QED) is 0.770. The number of rotatable bonds is 3. The van der Waals surface area contributed by atoms with Crippen LogP contribution in [0.4, 0.5) is 0 Å². The third kappa shape index (κ3) is 1.57. The molecule has 4 heteroatoms. The predicted octanol–water partition coefficient (Wildman–Crippen LogP) is 2.01. The lowest BCUT2D eigenvalue weighted by Crippen LogP contribution is -2.26. The number of nitrogens with zero attached hydrogens (tertiary/aromatic N) is 2. The molecule has 0 fully saturated rings. The van der Waals surface area contributed by atoms with Crippen LogP contribution < -0.4 is 4.74 Å². The number of aromatic nitrogens is 2. The molecule has 1 unspecified atom stereocenters. The summed E-state index contributed by atoms with van der Waals surface area (Å²) in [5.74, 6) is 0.178. The van der Waals surface area contributed by atoms with Crippen LogP contribution in [0.25, 0.3) is 0 Å². The highest BCUT2D eigenvalue weighted by Gasteiger charge is 2.34. The lowest BCUT2D eigenvalue weighted by atomic mass is 9.74. The summed E-state index contributed by atoms with van der Waals surface area (Å²) >= 11 is 0. The summed E-state index contributed by atoms with van der Waals surface area (Å²) in [7, 11) is 1.50. The predicted molar refractivity (Wildman–Crippen MR) is 65.8 cm³/mol. The van der Waals surface area contributed by atoms with Gasteiger partial charge in [0.1, 0.15) is 0 Å². The van der Waals surface area contributed by atoms with E-state index < -0.39 is 0 Å². The Morgan fingerprint density at radius 3 is 2.83 bits per heavy atom. The second kappa shape index (κ2) is 4.22.